The third kappa shape index (κ3) is 5.05. The maximum Gasteiger partial charge on any atom is 0.328 e. The molecule has 0 saturated heterocycles. The number of nitrogens with one attached hydrogen (secondary N) is 1. The second kappa shape index (κ2) is 8.81. The molecule has 2 atom stereocenters. The minimum atomic E-state index is -1.41. The number of carbonyl (C=O) groups excluding carboxylic acids is 2. The molecule has 0 radical (unpaired) electrons. The van der Waals surface area contributed by atoms with E-state index in [1.807, 2.05) is 0 Å². The first-order valence-corrected chi connectivity index (χ1v) is 8.04. The molecule has 0 bridgehead atoms. The van der Waals surface area contributed by atoms with E-state index in [2.05, 4.69) is 5.32 Å². The van der Waals surface area contributed by atoms with Crippen molar-refractivity contribution in [1.82, 2.24) is 5.32 Å². The van der Waals surface area contributed by atoms with Crippen LogP contribution in [0.5, 0.6) is 11.5 Å². The molecule has 4 N–H and O–H groups in total. The van der Waals surface area contributed by atoms with E-state index < -0.39 is 24.0 Å². The third-order valence-corrected chi connectivity index (χ3v) is 3.81. The van der Waals surface area contributed by atoms with E-state index in [0.29, 0.717) is 11.8 Å². The number of aromatic hydroxyl groups is 1. The molecule has 0 saturated carbocycles. The van der Waals surface area contributed by atoms with E-state index in [-0.39, 0.29) is 29.2 Å². The number of carboxylic acid groups (broad SMARTS) is 1. The Labute approximate surface area is 155 Å². The van der Waals surface area contributed by atoms with Gasteiger partial charge in [0.15, 0.2) is 12.3 Å². The predicted octanol–water partition coefficient (Wildman–Crippen LogP) is 1.35. The summed E-state index contributed by atoms with van der Waals surface area (Å²) in [5.41, 5.74) is 0.958. The quantitative estimate of drug-likeness (QED) is 0.513. The van der Waals surface area contributed by atoms with E-state index >= 15 is 0 Å². The van der Waals surface area contributed by atoms with E-state index in [0.717, 1.165) is 0 Å². The van der Waals surface area contributed by atoms with Gasteiger partial charge in [0.2, 0.25) is 0 Å². The molecule has 2 aromatic rings. The molecule has 0 aliphatic heterocycles. The number of carbonyl (C=O) groups is 3. The molecule has 1 unspecified atom stereocenters. The van der Waals surface area contributed by atoms with Crippen LogP contribution < -0.4 is 10.1 Å². The fourth-order valence-electron chi connectivity index (χ4n) is 2.30. The monoisotopic (exact) mass is 373 g/mol. The molecule has 142 valence electrons. The van der Waals surface area contributed by atoms with Gasteiger partial charge in [-0.3, -0.25) is 9.59 Å². The summed E-state index contributed by atoms with van der Waals surface area (Å²) in [7, 11) is 0. The average molecular weight is 373 g/mol. The van der Waals surface area contributed by atoms with Crippen LogP contribution in [0.2, 0.25) is 0 Å². The third-order valence-electron chi connectivity index (χ3n) is 3.81. The molecule has 0 aromatic heterocycles. The van der Waals surface area contributed by atoms with Gasteiger partial charge in [-0.1, -0.05) is 18.2 Å². The van der Waals surface area contributed by atoms with Crippen molar-refractivity contribution in [3.05, 3.63) is 59.2 Å². The summed E-state index contributed by atoms with van der Waals surface area (Å²) < 4.78 is 5.52. The standard InChI is InChI=1S/C19H19NO7/c1-11(22)17(19(25)26)20-18(24)13-7-5-12(6-8-13)10-27-16-4-2-3-15(23)14(16)9-21/h2-9,11,17,22-23H,10H2,1H3,(H,20,24)(H,25,26)/t11?,17-/m0/s1. The lowest BCUT2D eigenvalue weighted by Gasteiger charge is -2.17. The number of phenols is 1. The van der Waals surface area contributed by atoms with Gasteiger partial charge in [0.25, 0.3) is 5.91 Å². The largest absolute Gasteiger partial charge is 0.507 e. The molecular weight excluding hydrogens is 354 g/mol. The van der Waals surface area contributed by atoms with Crippen LogP contribution in [0.1, 0.15) is 33.2 Å². The minimum Gasteiger partial charge on any atom is -0.507 e. The number of ether oxygens (including phenoxy) is 1. The Kier molecular flexibility index (Phi) is 6.51. The lowest BCUT2D eigenvalue weighted by atomic mass is 10.1. The number of amides is 1. The first kappa shape index (κ1) is 19.9. The maximum atomic E-state index is 12.1. The van der Waals surface area contributed by atoms with E-state index in [1.165, 1.54) is 25.1 Å². The topological polar surface area (TPSA) is 133 Å². The molecule has 2 aromatic carbocycles. The Hall–Kier alpha value is -3.39. The van der Waals surface area contributed by atoms with Crippen molar-refractivity contribution in [3.8, 4) is 11.5 Å². The Balaban J connectivity index is 2.03. The summed E-state index contributed by atoms with van der Waals surface area (Å²) in [6, 6.07) is 9.25. The number of hydrogen-bond acceptors (Lipinski definition) is 6. The number of aldehydes is 1. The van der Waals surface area contributed by atoms with Crippen LogP contribution in [0, 0.1) is 0 Å². The van der Waals surface area contributed by atoms with Crippen molar-refractivity contribution in [3.63, 3.8) is 0 Å². The van der Waals surface area contributed by atoms with Gasteiger partial charge in [-0.2, -0.15) is 0 Å². The summed E-state index contributed by atoms with van der Waals surface area (Å²) >= 11 is 0. The second-order valence-electron chi connectivity index (χ2n) is 5.82. The zero-order valence-corrected chi connectivity index (χ0v) is 14.5. The number of carboxylic acids is 1. The van der Waals surface area contributed by atoms with Crippen LogP contribution in [0.4, 0.5) is 0 Å². The van der Waals surface area contributed by atoms with Gasteiger partial charge in [-0.05, 0) is 36.8 Å². The molecule has 0 aliphatic carbocycles. The van der Waals surface area contributed by atoms with Gasteiger partial charge < -0.3 is 25.4 Å². The van der Waals surface area contributed by atoms with Crippen molar-refractivity contribution in [1.29, 1.82) is 0 Å². The summed E-state index contributed by atoms with van der Waals surface area (Å²) in [6.07, 6.45) is -0.743. The summed E-state index contributed by atoms with van der Waals surface area (Å²) in [5.74, 6) is -1.92. The smallest absolute Gasteiger partial charge is 0.328 e. The first-order chi connectivity index (χ1) is 12.8. The summed E-state index contributed by atoms with van der Waals surface area (Å²) in [6.45, 7) is 1.37. The van der Waals surface area contributed by atoms with Crippen LogP contribution in [-0.4, -0.2) is 45.6 Å². The lowest BCUT2D eigenvalue weighted by Crippen LogP contribution is -2.47. The molecule has 2 rings (SSSR count). The van der Waals surface area contributed by atoms with Gasteiger partial charge in [0, 0.05) is 5.56 Å². The predicted molar refractivity (Wildman–Crippen MR) is 94.8 cm³/mol. The summed E-state index contributed by atoms with van der Waals surface area (Å²) in [5, 5.41) is 30.3. The van der Waals surface area contributed by atoms with Crippen LogP contribution >= 0.6 is 0 Å². The highest BCUT2D eigenvalue weighted by molar-refractivity contribution is 5.96. The molecule has 0 spiro atoms. The average Bonchev–Trinajstić information content (AvgIpc) is 2.64. The number of benzene rings is 2. The molecular formula is C19H19NO7. The number of phenolic OH excluding ortho intramolecular Hbond substituents is 1. The van der Waals surface area contributed by atoms with E-state index in [1.54, 1.807) is 24.3 Å². The fourth-order valence-corrected chi connectivity index (χ4v) is 2.30. The van der Waals surface area contributed by atoms with Crippen LogP contribution in [0.3, 0.4) is 0 Å². The minimum absolute atomic E-state index is 0.0475. The Morgan fingerprint density at radius 2 is 1.85 bits per heavy atom. The zero-order chi connectivity index (χ0) is 20.0. The van der Waals surface area contributed by atoms with E-state index in [4.69, 9.17) is 9.84 Å². The van der Waals surface area contributed by atoms with Crippen molar-refractivity contribution < 1.29 is 34.4 Å². The molecule has 0 heterocycles. The second-order valence-corrected chi connectivity index (χ2v) is 5.82. The highest BCUT2D eigenvalue weighted by atomic mass is 16.5. The first-order valence-electron chi connectivity index (χ1n) is 8.04. The normalized spacial score (nSPS) is 12.7. The molecule has 1 amide bonds. The van der Waals surface area contributed by atoms with Crippen LogP contribution in [0.25, 0.3) is 0 Å². The van der Waals surface area contributed by atoms with Gasteiger partial charge in [-0.25, -0.2) is 4.79 Å². The van der Waals surface area contributed by atoms with Crippen LogP contribution in [-0.2, 0) is 11.4 Å². The molecule has 8 nitrogen and oxygen atoms in total. The number of aliphatic carboxylic acids is 1. The highest BCUT2D eigenvalue weighted by Gasteiger charge is 2.25. The lowest BCUT2D eigenvalue weighted by molar-refractivity contribution is -0.141. The Morgan fingerprint density at radius 1 is 1.19 bits per heavy atom. The van der Waals surface area contributed by atoms with E-state index in [9.17, 15) is 24.6 Å². The number of aliphatic hydroxyl groups excluding tert-OH is 1. The molecule has 27 heavy (non-hydrogen) atoms. The van der Waals surface area contributed by atoms with Crippen molar-refractivity contribution in [2.75, 3.05) is 0 Å². The van der Waals surface area contributed by atoms with Crippen molar-refractivity contribution in [2.24, 2.45) is 0 Å². The molecule has 0 aliphatic rings. The van der Waals surface area contributed by atoms with Gasteiger partial charge in [0.05, 0.1) is 11.7 Å². The summed E-state index contributed by atoms with van der Waals surface area (Å²) in [4.78, 5) is 34.1. The van der Waals surface area contributed by atoms with Crippen molar-refractivity contribution in [2.45, 2.75) is 25.7 Å². The van der Waals surface area contributed by atoms with Crippen molar-refractivity contribution >= 4 is 18.2 Å². The zero-order valence-electron chi connectivity index (χ0n) is 14.5. The number of aliphatic hydroxyl groups is 1. The maximum absolute atomic E-state index is 12.1. The fraction of sp³-hybridized carbons (Fsp3) is 0.211. The van der Waals surface area contributed by atoms with Crippen LogP contribution in [0.15, 0.2) is 42.5 Å². The number of hydrogen-bond donors (Lipinski definition) is 4. The van der Waals surface area contributed by atoms with Gasteiger partial charge in [-0.15, -0.1) is 0 Å². The molecule has 8 heteroatoms. The van der Waals surface area contributed by atoms with Gasteiger partial charge in [0.1, 0.15) is 18.1 Å². The highest BCUT2D eigenvalue weighted by Crippen LogP contribution is 2.26. The Bertz CT molecular complexity index is 830. The Morgan fingerprint density at radius 3 is 2.41 bits per heavy atom. The SMILES string of the molecule is CC(O)[C@H](NC(=O)c1ccc(COc2cccc(O)c2C=O)cc1)C(=O)O. The van der Waals surface area contributed by atoms with Gasteiger partial charge >= 0.3 is 5.97 Å². The molecule has 0 fully saturated rings. The number of rotatable bonds is 8.